The van der Waals surface area contributed by atoms with Gasteiger partial charge in [0.25, 0.3) is 0 Å². The highest BCUT2D eigenvalue weighted by Gasteiger charge is 2.16. The Kier molecular flexibility index (Phi) is 2.73. The Bertz CT molecular complexity index is 794. The zero-order valence-electron chi connectivity index (χ0n) is 11.8. The Morgan fingerprint density at radius 2 is 2.00 bits per heavy atom. The zero-order chi connectivity index (χ0) is 14.2. The average Bonchev–Trinajstić information content (AvgIpc) is 2.76. The minimum atomic E-state index is 0.782. The van der Waals surface area contributed by atoms with E-state index in [1.165, 1.54) is 11.3 Å². The van der Waals surface area contributed by atoms with E-state index < -0.39 is 0 Å². The van der Waals surface area contributed by atoms with E-state index in [1.54, 1.807) is 4.52 Å². The van der Waals surface area contributed by atoms with Crippen molar-refractivity contribution >= 4 is 17.2 Å². The molecule has 0 spiro atoms. The molecule has 0 saturated carbocycles. The zero-order valence-corrected chi connectivity index (χ0v) is 11.8. The number of fused-ring (bicyclic) bond motifs is 2. The number of rotatable bonds is 1. The number of anilines is 2. The van der Waals surface area contributed by atoms with Crippen molar-refractivity contribution in [3.8, 4) is 0 Å². The molecule has 6 heteroatoms. The quantitative estimate of drug-likeness (QED) is 0.737. The number of para-hydroxylation sites is 1. The number of aromatic nitrogens is 4. The van der Waals surface area contributed by atoms with Crippen LogP contribution in [0, 0.1) is 6.92 Å². The lowest BCUT2D eigenvalue weighted by Gasteiger charge is -2.21. The second-order valence-electron chi connectivity index (χ2n) is 5.21. The lowest BCUT2D eigenvalue weighted by Crippen LogP contribution is -2.27. The van der Waals surface area contributed by atoms with Crippen LogP contribution in [0.3, 0.4) is 0 Å². The van der Waals surface area contributed by atoms with E-state index in [1.807, 2.05) is 19.1 Å². The maximum Gasteiger partial charge on any atom is 0.178 e. The second-order valence-corrected chi connectivity index (χ2v) is 5.21. The first-order valence-electron chi connectivity index (χ1n) is 7.07. The van der Waals surface area contributed by atoms with Gasteiger partial charge in [0.15, 0.2) is 11.5 Å². The van der Waals surface area contributed by atoms with E-state index >= 15 is 0 Å². The predicted molar refractivity (Wildman–Crippen MR) is 81.5 cm³/mol. The molecule has 3 heterocycles. The Morgan fingerprint density at radius 3 is 2.95 bits per heavy atom. The Balaban J connectivity index is 1.73. The second kappa shape index (κ2) is 4.73. The van der Waals surface area contributed by atoms with Crippen LogP contribution in [0.25, 0.3) is 5.65 Å². The van der Waals surface area contributed by atoms with Crippen LogP contribution in [-0.4, -0.2) is 32.9 Å². The molecule has 1 N–H and O–H groups in total. The Morgan fingerprint density at radius 1 is 1.10 bits per heavy atom. The van der Waals surface area contributed by atoms with Crippen LogP contribution >= 0.6 is 0 Å². The van der Waals surface area contributed by atoms with E-state index in [0.29, 0.717) is 0 Å². The van der Waals surface area contributed by atoms with E-state index in [2.05, 4.69) is 49.8 Å². The molecule has 0 unspecified atom stereocenters. The highest BCUT2D eigenvalue weighted by Crippen LogP contribution is 2.23. The summed E-state index contributed by atoms with van der Waals surface area (Å²) in [5.41, 5.74) is 3.28. The highest BCUT2D eigenvalue weighted by atomic mass is 15.4. The predicted octanol–water partition coefficient (Wildman–Crippen LogP) is 1.86. The Hall–Kier alpha value is -2.63. The number of nitrogens with one attached hydrogen (secondary N) is 1. The van der Waals surface area contributed by atoms with Crippen molar-refractivity contribution < 1.29 is 0 Å². The fraction of sp³-hybridized carbons (Fsp3) is 0.267. The topological polar surface area (TPSA) is 58.4 Å². The summed E-state index contributed by atoms with van der Waals surface area (Å²) >= 11 is 0. The summed E-state index contributed by atoms with van der Waals surface area (Å²) in [4.78, 5) is 2.28. The normalized spacial score (nSPS) is 14.6. The molecule has 1 aliphatic rings. The van der Waals surface area contributed by atoms with Gasteiger partial charge < -0.3 is 10.2 Å². The van der Waals surface area contributed by atoms with Gasteiger partial charge in [0.1, 0.15) is 5.82 Å². The van der Waals surface area contributed by atoms with Gasteiger partial charge in [0, 0.05) is 25.3 Å². The fourth-order valence-electron chi connectivity index (χ4n) is 2.69. The molecule has 1 aliphatic heterocycles. The van der Waals surface area contributed by atoms with Gasteiger partial charge in [-0.3, -0.25) is 0 Å². The lowest BCUT2D eigenvalue weighted by atomic mass is 10.2. The number of nitrogens with zero attached hydrogens (tertiary/aromatic N) is 5. The number of benzene rings is 1. The van der Waals surface area contributed by atoms with Crippen molar-refractivity contribution in [3.63, 3.8) is 0 Å². The molecule has 2 aromatic heterocycles. The van der Waals surface area contributed by atoms with Gasteiger partial charge in [-0.15, -0.1) is 15.3 Å². The maximum atomic E-state index is 4.66. The summed E-state index contributed by atoms with van der Waals surface area (Å²) in [5.74, 6) is 1.75. The first-order valence-corrected chi connectivity index (χ1v) is 7.07. The maximum absolute atomic E-state index is 4.66. The molecule has 106 valence electrons. The first-order chi connectivity index (χ1) is 10.3. The summed E-state index contributed by atoms with van der Waals surface area (Å²) in [6.07, 6.45) is 0. The van der Waals surface area contributed by atoms with Gasteiger partial charge in [-0.25, -0.2) is 0 Å². The van der Waals surface area contributed by atoms with Crippen molar-refractivity contribution in [2.24, 2.45) is 0 Å². The Labute approximate surface area is 122 Å². The molecular formula is C15H16N6. The summed E-state index contributed by atoms with van der Waals surface area (Å²) in [6.45, 7) is 4.57. The van der Waals surface area contributed by atoms with Gasteiger partial charge in [0.05, 0.1) is 0 Å². The van der Waals surface area contributed by atoms with Crippen molar-refractivity contribution in [3.05, 3.63) is 47.8 Å². The van der Waals surface area contributed by atoms with Crippen molar-refractivity contribution in [1.82, 2.24) is 19.8 Å². The monoisotopic (exact) mass is 280 g/mol. The van der Waals surface area contributed by atoms with Gasteiger partial charge in [-0.05, 0) is 30.7 Å². The van der Waals surface area contributed by atoms with Crippen molar-refractivity contribution in [2.75, 3.05) is 23.3 Å². The first kappa shape index (κ1) is 12.1. The highest BCUT2D eigenvalue weighted by molar-refractivity contribution is 5.55. The molecule has 0 aliphatic carbocycles. The van der Waals surface area contributed by atoms with Crippen LogP contribution < -0.4 is 10.2 Å². The molecule has 1 aromatic carbocycles. The van der Waals surface area contributed by atoms with Crippen molar-refractivity contribution in [1.29, 1.82) is 0 Å². The number of hydrogen-bond donors (Lipinski definition) is 1. The molecule has 0 bridgehead atoms. The minimum Gasteiger partial charge on any atom is -0.383 e. The standard InChI is InChI=1S/C15H16N6/c1-11-17-18-14-6-7-15(19-21(11)14)20-9-8-16-13-5-3-2-4-12(13)10-20/h2-7,16H,8-10H2,1H3. The van der Waals surface area contributed by atoms with Crippen LogP contribution in [-0.2, 0) is 6.54 Å². The van der Waals surface area contributed by atoms with Crippen LogP contribution in [0.2, 0.25) is 0 Å². The number of hydrogen-bond acceptors (Lipinski definition) is 5. The van der Waals surface area contributed by atoms with Crippen LogP contribution in [0.1, 0.15) is 11.4 Å². The number of aryl methyl sites for hydroxylation is 1. The van der Waals surface area contributed by atoms with Crippen LogP contribution in [0.15, 0.2) is 36.4 Å². The average molecular weight is 280 g/mol. The molecule has 3 aromatic rings. The largest absolute Gasteiger partial charge is 0.383 e. The van der Waals surface area contributed by atoms with Gasteiger partial charge in [0.2, 0.25) is 0 Å². The van der Waals surface area contributed by atoms with E-state index in [-0.39, 0.29) is 0 Å². The third-order valence-corrected chi connectivity index (χ3v) is 3.80. The fourth-order valence-corrected chi connectivity index (χ4v) is 2.69. The summed E-state index contributed by atoms with van der Waals surface area (Å²) in [5, 5.41) is 16.3. The van der Waals surface area contributed by atoms with Gasteiger partial charge in [-0.1, -0.05) is 18.2 Å². The van der Waals surface area contributed by atoms with Crippen LogP contribution in [0.5, 0.6) is 0 Å². The molecule has 0 amide bonds. The lowest BCUT2D eigenvalue weighted by molar-refractivity contribution is 0.772. The molecule has 0 saturated heterocycles. The molecule has 0 atom stereocenters. The summed E-state index contributed by atoms with van der Waals surface area (Å²) in [7, 11) is 0. The third kappa shape index (κ3) is 2.08. The smallest absolute Gasteiger partial charge is 0.178 e. The molecule has 21 heavy (non-hydrogen) atoms. The third-order valence-electron chi connectivity index (χ3n) is 3.80. The summed E-state index contributed by atoms with van der Waals surface area (Å²) < 4.78 is 1.79. The molecule has 4 rings (SSSR count). The minimum absolute atomic E-state index is 0.782. The van der Waals surface area contributed by atoms with Crippen LogP contribution in [0.4, 0.5) is 11.5 Å². The molecule has 0 radical (unpaired) electrons. The van der Waals surface area contributed by atoms with Gasteiger partial charge >= 0.3 is 0 Å². The molecular weight excluding hydrogens is 264 g/mol. The van der Waals surface area contributed by atoms with E-state index in [0.717, 1.165) is 36.9 Å². The van der Waals surface area contributed by atoms with E-state index in [9.17, 15) is 0 Å². The van der Waals surface area contributed by atoms with Crippen molar-refractivity contribution in [2.45, 2.75) is 13.5 Å². The molecule has 6 nitrogen and oxygen atoms in total. The molecule has 0 fully saturated rings. The summed E-state index contributed by atoms with van der Waals surface area (Å²) in [6, 6.07) is 12.4. The SMILES string of the molecule is Cc1nnc2ccc(N3CCNc4ccccc4C3)nn12. The van der Waals surface area contributed by atoms with E-state index in [4.69, 9.17) is 0 Å². The van der Waals surface area contributed by atoms with Gasteiger partial charge in [-0.2, -0.15) is 4.52 Å².